The first-order valence-electron chi connectivity index (χ1n) is 13.6. The van der Waals surface area contributed by atoms with Gasteiger partial charge in [-0.05, 0) is 90.6 Å². The van der Waals surface area contributed by atoms with E-state index in [0.717, 1.165) is 47.5 Å². The Morgan fingerprint density at radius 3 is 2.42 bits per heavy atom. The Labute approximate surface area is 224 Å². The minimum absolute atomic E-state index is 0.178. The van der Waals surface area contributed by atoms with Gasteiger partial charge in [-0.3, -0.25) is 4.79 Å². The largest absolute Gasteiger partial charge is 0.348 e. The molecule has 1 aliphatic rings. The molecule has 1 unspecified atom stereocenters. The molecule has 5 nitrogen and oxygen atoms in total. The molecule has 0 saturated heterocycles. The summed E-state index contributed by atoms with van der Waals surface area (Å²) in [5, 5.41) is 6.51. The van der Waals surface area contributed by atoms with Crippen molar-refractivity contribution in [2.24, 2.45) is 11.3 Å². The summed E-state index contributed by atoms with van der Waals surface area (Å²) in [6.07, 6.45) is 4.39. The maximum absolute atomic E-state index is 13.2. The molecule has 1 heterocycles. The highest BCUT2D eigenvalue weighted by Gasteiger charge is 2.34. The van der Waals surface area contributed by atoms with Crippen LogP contribution in [0.1, 0.15) is 74.5 Å². The molecule has 5 rings (SSSR count). The Hall–Kier alpha value is -3.67. The van der Waals surface area contributed by atoms with Crippen LogP contribution in [-0.4, -0.2) is 15.5 Å². The number of hydrogen-bond donors (Lipinski definition) is 2. The Balaban J connectivity index is 1.47. The number of benzene rings is 3. The molecule has 38 heavy (non-hydrogen) atoms. The number of hydrogen-bond acceptors (Lipinski definition) is 3. The highest BCUT2D eigenvalue weighted by molar-refractivity contribution is 5.97. The topological polar surface area (TPSA) is 59.0 Å². The minimum Gasteiger partial charge on any atom is -0.348 e. The predicted octanol–water partition coefficient (Wildman–Crippen LogP) is 7.80. The van der Waals surface area contributed by atoms with E-state index in [1.807, 2.05) is 18.2 Å². The Morgan fingerprint density at radius 2 is 1.74 bits per heavy atom. The standard InChI is InChI=1S/C32H37FN4O/c1-5-22-8-13-26(14-9-22)35-31-36-28-17-24(30(38)34-20-23-6-11-25(33)12-7-23)10-15-29(28)37(31)27-16-21(2)18-32(3,4)19-27/h6-15,17,21,27H,5,16,18-20H2,1-4H3,(H,34,38)(H,35,36)/t21-,27?/m0/s1. The molecule has 0 spiro atoms. The lowest BCUT2D eigenvalue weighted by Gasteiger charge is -2.40. The van der Waals surface area contributed by atoms with E-state index in [0.29, 0.717) is 24.1 Å². The van der Waals surface area contributed by atoms with Gasteiger partial charge in [0.2, 0.25) is 5.95 Å². The van der Waals surface area contributed by atoms with Gasteiger partial charge >= 0.3 is 0 Å². The highest BCUT2D eigenvalue weighted by Crippen LogP contribution is 2.46. The predicted molar refractivity (Wildman–Crippen MR) is 152 cm³/mol. The SMILES string of the molecule is CCc1ccc(Nc2nc3cc(C(=O)NCc4ccc(F)cc4)ccc3n2C2C[C@H](C)CC(C)(C)C2)cc1. The van der Waals surface area contributed by atoms with Crippen LogP contribution in [-0.2, 0) is 13.0 Å². The van der Waals surface area contributed by atoms with Crippen molar-refractivity contribution in [1.82, 2.24) is 14.9 Å². The zero-order chi connectivity index (χ0) is 26.9. The number of aromatic nitrogens is 2. The van der Waals surface area contributed by atoms with E-state index >= 15 is 0 Å². The molecule has 1 saturated carbocycles. The first-order chi connectivity index (χ1) is 18.2. The Morgan fingerprint density at radius 1 is 1.03 bits per heavy atom. The molecule has 6 heteroatoms. The Kier molecular flexibility index (Phi) is 7.24. The fourth-order valence-electron chi connectivity index (χ4n) is 6.03. The smallest absolute Gasteiger partial charge is 0.251 e. The fraction of sp³-hybridized carbons (Fsp3) is 0.375. The molecule has 2 N–H and O–H groups in total. The maximum atomic E-state index is 13.2. The van der Waals surface area contributed by atoms with Crippen molar-refractivity contribution in [2.45, 2.75) is 66.0 Å². The van der Waals surface area contributed by atoms with Crippen LogP contribution in [0.5, 0.6) is 0 Å². The number of carbonyl (C=O) groups is 1. The number of aryl methyl sites for hydroxylation is 1. The highest BCUT2D eigenvalue weighted by atomic mass is 19.1. The molecular formula is C32H37FN4O. The maximum Gasteiger partial charge on any atom is 0.251 e. The monoisotopic (exact) mass is 512 g/mol. The van der Waals surface area contributed by atoms with Gasteiger partial charge in [-0.25, -0.2) is 9.37 Å². The van der Waals surface area contributed by atoms with Gasteiger partial charge < -0.3 is 15.2 Å². The van der Waals surface area contributed by atoms with Crippen molar-refractivity contribution in [3.63, 3.8) is 0 Å². The molecular weight excluding hydrogens is 475 g/mol. The number of imidazole rings is 1. The zero-order valence-electron chi connectivity index (χ0n) is 22.7. The molecule has 0 bridgehead atoms. The van der Waals surface area contributed by atoms with Gasteiger partial charge in [-0.15, -0.1) is 0 Å². The van der Waals surface area contributed by atoms with E-state index in [-0.39, 0.29) is 17.1 Å². The molecule has 4 aromatic rings. The van der Waals surface area contributed by atoms with Crippen LogP contribution in [0, 0.1) is 17.2 Å². The number of anilines is 2. The van der Waals surface area contributed by atoms with Crippen molar-refractivity contribution in [2.75, 3.05) is 5.32 Å². The lowest BCUT2D eigenvalue weighted by atomic mass is 9.70. The van der Waals surface area contributed by atoms with E-state index in [1.165, 1.54) is 24.1 Å². The molecule has 198 valence electrons. The molecule has 3 aromatic carbocycles. The van der Waals surface area contributed by atoms with E-state index in [2.05, 4.69) is 67.2 Å². The molecule has 2 atom stereocenters. The number of carbonyl (C=O) groups excluding carboxylic acids is 1. The first kappa shape index (κ1) is 26.0. The van der Waals surface area contributed by atoms with Gasteiger partial charge in [-0.1, -0.05) is 52.0 Å². The molecule has 1 amide bonds. The molecule has 0 aliphatic heterocycles. The van der Waals surface area contributed by atoms with Crippen molar-refractivity contribution in [3.05, 3.63) is 89.2 Å². The number of rotatable bonds is 7. The lowest BCUT2D eigenvalue weighted by Crippen LogP contribution is -2.29. The lowest BCUT2D eigenvalue weighted by molar-refractivity contribution is 0.0951. The van der Waals surface area contributed by atoms with Gasteiger partial charge in [0.25, 0.3) is 5.91 Å². The number of nitrogens with one attached hydrogen (secondary N) is 2. The summed E-state index contributed by atoms with van der Waals surface area (Å²) in [5.41, 5.74) is 5.77. The summed E-state index contributed by atoms with van der Waals surface area (Å²) >= 11 is 0. The minimum atomic E-state index is -0.289. The van der Waals surface area contributed by atoms with Crippen LogP contribution in [0.4, 0.5) is 16.0 Å². The molecule has 1 aromatic heterocycles. The Bertz CT molecular complexity index is 1420. The third-order valence-corrected chi connectivity index (χ3v) is 7.67. The van der Waals surface area contributed by atoms with Crippen LogP contribution in [0.2, 0.25) is 0 Å². The summed E-state index contributed by atoms with van der Waals surface area (Å²) in [4.78, 5) is 18.0. The summed E-state index contributed by atoms with van der Waals surface area (Å²) < 4.78 is 15.5. The fourth-order valence-corrected chi connectivity index (χ4v) is 6.03. The zero-order valence-corrected chi connectivity index (χ0v) is 22.7. The van der Waals surface area contributed by atoms with Gasteiger partial charge in [0, 0.05) is 23.8 Å². The summed E-state index contributed by atoms with van der Waals surface area (Å²) in [5.74, 6) is 0.961. The second-order valence-electron chi connectivity index (χ2n) is 11.6. The van der Waals surface area contributed by atoms with Crippen LogP contribution in [0.25, 0.3) is 11.0 Å². The van der Waals surface area contributed by atoms with E-state index in [1.54, 1.807) is 12.1 Å². The average molecular weight is 513 g/mol. The average Bonchev–Trinajstić information content (AvgIpc) is 3.24. The van der Waals surface area contributed by atoms with E-state index < -0.39 is 0 Å². The summed E-state index contributed by atoms with van der Waals surface area (Å²) in [6.45, 7) is 9.54. The molecule has 1 fully saturated rings. The number of fused-ring (bicyclic) bond motifs is 1. The number of amides is 1. The second-order valence-corrected chi connectivity index (χ2v) is 11.6. The molecule has 0 radical (unpaired) electrons. The van der Waals surface area contributed by atoms with Crippen LogP contribution >= 0.6 is 0 Å². The van der Waals surface area contributed by atoms with Crippen molar-refractivity contribution < 1.29 is 9.18 Å². The number of halogens is 1. The van der Waals surface area contributed by atoms with Gasteiger partial charge in [0.05, 0.1) is 11.0 Å². The van der Waals surface area contributed by atoms with Gasteiger partial charge in [0.1, 0.15) is 5.82 Å². The van der Waals surface area contributed by atoms with Gasteiger partial charge in [0.15, 0.2) is 0 Å². The van der Waals surface area contributed by atoms with Crippen LogP contribution < -0.4 is 10.6 Å². The van der Waals surface area contributed by atoms with Crippen LogP contribution in [0.15, 0.2) is 66.7 Å². The van der Waals surface area contributed by atoms with E-state index in [4.69, 9.17) is 4.98 Å². The van der Waals surface area contributed by atoms with Crippen molar-refractivity contribution in [3.8, 4) is 0 Å². The first-order valence-corrected chi connectivity index (χ1v) is 13.6. The third-order valence-electron chi connectivity index (χ3n) is 7.67. The van der Waals surface area contributed by atoms with Gasteiger partial charge in [-0.2, -0.15) is 0 Å². The second kappa shape index (κ2) is 10.6. The van der Waals surface area contributed by atoms with Crippen molar-refractivity contribution in [1.29, 1.82) is 0 Å². The van der Waals surface area contributed by atoms with Crippen molar-refractivity contribution >= 4 is 28.6 Å². The van der Waals surface area contributed by atoms with Crippen LogP contribution in [0.3, 0.4) is 0 Å². The van der Waals surface area contributed by atoms with E-state index in [9.17, 15) is 9.18 Å². The normalized spacial score (nSPS) is 18.9. The number of nitrogens with zero attached hydrogens (tertiary/aromatic N) is 2. The summed E-state index contributed by atoms with van der Waals surface area (Å²) in [7, 11) is 0. The third kappa shape index (κ3) is 5.74. The molecule has 1 aliphatic carbocycles. The summed E-state index contributed by atoms with van der Waals surface area (Å²) in [6, 6.07) is 20.7. The quantitative estimate of drug-likeness (QED) is 0.266.